The Morgan fingerprint density at radius 1 is 1.08 bits per heavy atom. The number of urea groups is 1. The number of nitrogens with one attached hydrogen (secondary N) is 2. The van der Waals surface area contributed by atoms with Crippen molar-refractivity contribution in [2.24, 2.45) is 0 Å². The second-order valence-electron chi connectivity index (χ2n) is 4.70. The molecule has 2 aromatic rings. The summed E-state index contributed by atoms with van der Waals surface area (Å²) >= 11 is 0. The summed E-state index contributed by atoms with van der Waals surface area (Å²) in [6.45, 7) is 0. The predicted molar refractivity (Wildman–Crippen MR) is 88.3 cm³/mol. The third kappa shape index (κ3) is 4.13. The molecule has 0 fully saturated rings. The maximum atomic E-state index is 12.4. The molecule has 0 bridgehead atoms. The van der Waals surface area contributed by atoms with Gasteiger partial charge in [0, 0.05) is 0 Å². The third-order valence-electron chi connectivity index (χ3n) is 3.10. The first-order valence-corrected chi connectivity index (χ1v) is 8.37. The van der Waals surface area contributed by atoms with Crippen LogP contribution in [0.25, 0.3) is 0 Å². The van der Waals surface area contributed by atoms with Crippen molar-refractivity contribution in [2.45, 2.75) is 4.90 Å². The fraction of sp³-hybridized carbons (Fsp3) is 0.0625. The van der Waals surface area contributed by atoms with Gasteiger partial charge < -0.3 is 10.1 Å². The highest BCUT2D eigenvalue weighted by atomic mass is 32.2. The minimum Gasteiger partial charge on any atom is -0.465 e. The van der Waals surface area contributed by atoms with E-state index in [1.165, 1.54) is 36.4 Å². The molecule has 0 saturated heterocycles. The van der Waals surface area contributed by atoms with Gasteiger partial charge in [0.1, 0.15) is 11.0 Å². The molecule has 0 saturated carbocycles. The van der Waals surface area contributed by atoms with Crippen molar-refractivity contribution < 1.29 is 22.7 Å². The second-order valence-corrected chi connectivity index (χ2v) is 6.36. The molecule has 0 aromatic heterocycles. The summed E-state index contributed by atoms with van der Waals surface area (Å²) in [5.74, 6) is -0.851. The summed E-state index contributed by atoms with van der Waals surface area (Å²) in [4.78, 5) is 23.3. The van der Waals surface area contributed by atoms with Crippen LogP contribution >= 0.6 is 0 Å². The van der Waals surface area contributed by atoms with Gasteiger partial charge in [-0.1, -0.05) is 24.3 Å². The number of ether oxygens (including phenoxy) is 1. The lowest BCUT2D eigenvalue weighted by atomic mass is 10.2. The number of amides is 2. The summed E-state index contributed by atoms with van der Waals surface area (Å²) in [5, 5.41) is 11.3. The molecular weight excluding hydrogens is 346 g/mol. The van der Waals surface area contributed by atoms with Gasteiger partial charge in [-0.05, 0) is 24.3 Å². The van der Waals surface area contributed by atoms with Gasteiger partial charge in [-0.3, -0.25) is 0 Å². The van der Waals surface area contributed by atoms with E-state index in [0.29, 0.717) is 0 Å². The van der Waals surface area contributed by atoms with Crippen LogP contribution in [0.3, 0.4) is 0 Å². The molecule has 0 radical (unpaired) electrons. The number of hydrogen-bond donors (Lipinski definition) is 2. The summed E-state index contributed by atoms with van der Waals surface area (Å²) in [6, 6.07) is 12.2. The first kappa shape index (κ1) is 18.0. The number of sulfonamides is 1. The van der Waals surface area contributed by atoms with E-state index in [1.54, 1.807) is 16.9 Å². The molecule has 2 amide bonds. The first-order chi connectivity index (χ1) is 11.9. The van der Waals surface area contributed by atoms with Crippen LogP contribution in [-0.4, -0.2) is 27.5 Å². The van der Waals surface area contributed by atoms with E-state index in [2.05, 4.69) is 10.1 Å². The minimum absolute atomic E-state index is 0.152. The van der Waals surface area contributed by atoms with Crippen LogP contribution in [0.4, 0.5) is 10.5 Å². The summed E-state index contributed by atoms with van der Waals surface area (Å²) in [5.41, 5.74) is 0.117. The molecule has 0 spiro atoms. The van der Waals surface area contributed by atoms with Crippen molar-refractivity contribution in [1.82, 2.24) is 4.72 Å². The maximum Gasteiger partial charge on any atom is 0.339 e. The lowest BCUT2D eigenvalue weighted by molar-refractivity contribution is 0.0596. The van der Waals surface area contributed by atoms with Gasteiger partial charge >= 0.3 is 12.0 Å². The van der Waals surface area contributed by atoms with Gasteiger partial charge in [0.25, 0.3) is 10.0 Å². The fourth-order valence-corrected chi connectivity index (χ4v) is 3.10. The molecule has 25 heavy (non-hydrogen) atoms. The number of carbonyl (C=O) groups excluding carboxylic acids is 2. The van der Waals surface area contributed by atoms with Crippen LogP contribution in [0.5, 0.6) is 0 Å². The van der Waals surface area contributed by atoms with E-state index in [0.717, 1.165) is 7.11 Å². The molecule has 2 N–H and O–H groups in total. The van der Waals surface area contributed by atoms with Crippen molar-refractivity contribution in [3.8, 4) is 6.07 Å². The Bertz CT molecular complexity index is 964. The van der Waals surface area contributed by atoms with E-state index in [4.69, 9.17) is 5.26 Å². The zero-order valence-corrected chi connectivity index (χ0v) is 13.8. The number of benzene rings is 2. The average Bonchev–Trinajstić information content (AvgIpc) is 2.61. The maximum absolute atomic E-state index is 12.4. The molecule has 9 heteroatoms. The highest BCUT2D eigenvalue weighted by Gasteiger charge is 2.24. The number of nitriles is 1. The third-order valence-corrected chi connectivity index (χ3v) is 4.49. The van der Waals surface area contributed by atoms with Gasteiger partial charge in [0.15, 0.2) is 0 Å². The molecule has 2 aromatic carbocycles. The zero-order valence-electron chi connectivity index (χ0n) is 13.0. The summed E-state index contributed by atoms with van der Waals surface area (Å²) < 4.78 is 31.1. The van der Waals surface area contributed by atoms with Crippen molar-refractivity contribution in [2.75, 3.05) is 12.4 Å². The Morgan fingerprint density at radius 3 is 2.40 bits per heavy atom. The Morgan fingerprint density at radius 2 is 1.72 bits per heavy atom. The molecule has 0 unspecified atom stereocenters. The fourth-order valence-electron chi connectivity index (χ4n) is 1.99. The average molecular weight is 359 g/mol. The van der Waals surface area contributed by atoms with Crippen LogP contribution in [0, 0.1) is 11.3 Å². The zero-order chi connectivity index (χ0) is 18.4. The molecule has 0 heterocycles. The highest BCUT2D eigenvalue weighted by Crippen LogP contribution is 2.17. The molecule has 2 rings (SSSR count). The number of nitrogens with zero attached hydrogens (tertiary/aromatic N) is 1. The largest absolute Gasteiger partial charge is 0.465 e. The Labute approximate surface area is 144 Å². The number of anilines is 1. The van der Waals surface area contributed by atoms with Crippen molar-refractivity contribution >= 4 is 27.7 Å². The molecule has 0 atom stereocenters. The van der Waals surface area contributed by atoms with E-state index in [-0.39, 0.29) is 16.8 Å². The van der Waals surface area contributed by atoms with Crippen LogP contribution in [0.15, 0.2) is 53.4 Å². The quantitative estimate of drug-likeness (QED) is 0.803. The Balaban J connectivity index is 2.26. The van der Waals surface area contributed by atoms with Crippen LogP contribution in [-0.2, 0) is 14.8 Å². The van der Waals surface area contributed by atoms with Crippen molar-refractivity contribution in [3.63, 3.8) is 0 Å². The van der Waals surface area contributed by atoms with E-state index in [1.807, 2.05) is 6.07 Å². The molecule has 0 aliphatic heterocycles. The topological polar surface area (TPSA) is 125 Å². The Kier molecular flexibility index (Phi) is 5.36. The number of hydrogen-bond acceptors (Lipinski definition) is 6. The Hall–Kier alpha value is -3.38. The number of para-hydroxylation sites is 1. The van der Waals surface area contributed by atoms with Crippen molar-refractivity contribution in [1.29, 1.82) is 5.26 Å². The normalized spacial score (nSPS) is 10.4. The highest BCUT2D eigenvalue weighted by molar-refractivity contribution is 7.90. The number of carbonyl (C=O) groups is 2. The number of rotatable bonds is 4. The van der Waals surface area contributed by atoms with Gasteiger partial charge in [-0.15, -0.1) is 0 Å². The smallest absolute Gasteiger partial charge is 0.339 e. The van der Waals surface area contributed by atoms with Crippen LogP contribution in [0.2, 0.25) is 0 Å². The summed E-state index contributed by atoms with van der Waals surface area (Å²) in [6.07, 6.45) is 0. The molecular formula is C16H13N3O5S. The predicted octanol–water partition coefficient (Wildman–Crippen LogP) is 1.86. The minimum atomic E-state index is -4.33. The lowest BCUT2D eigenvalue weighted by Gasteiger charge is -2.11. The SMILES string of the molecule is COC(=O)c1ccccc1S(=O)(=O)NC(=O)Nc1ccccc1C#N. The van der Waals surface area contributed by atoms with Gasteiger partial charge in [-0.2, -0.15) is 5.26 Å². The lowest BCUT2D eigenvalue weighted by Crippen LogP contribution is -2.35. The molecule has 128 valence electrons. The molecule has 0 aliphatic carbocycles. The second kappa shape index (κ2) is 7.46. The first-order valence-electron chi connectivity index (χ1n) is 6.89. The van der Waals surface area contributed by atoms with E-state index >= 15 is 0 Å². The van der Waals surface area contributed by atoms with Gasteiger partial charge in [0.2, 0.25) is 0 Å². The standard InChI is InChI=1S/C16H13N3O5S/c1-24-15(20)12-7-3-5-9-14(12)25(22,23)19-16(21)18-13-8-4-2-6-11(13)10-17/h2-9H,1H3,(H2,18,19,21). The van der Waals surface area contributed by atoms with E-state index in [9.17, 15) is 18.0 Å². The van der Waals surface area contributed by atoms with E-state index < -0.39 is 26.9 Å². The van der Waals surface area contributed by atoms with Gasteiger partial charge in [-0.25, -0.2) is 22.7 Å². The van der Waals surface area contributed by atoms with Gasteiger partial charge in [0.05, 0.1) is 23.9 Å². The number of esters is 1. The monoisotopic (exact) mass is 359 g/mol. The van der Waals surface area contributed by atoms with Crippen LogP contribution in [0.1, 0.15) is 15.9 Å². The van der Waals surface area contributed by atoms with Crippen molar-refractivity contribution in [3.05, 3.63) is 59.7 Å². The molecule has 0 aliphatic rings. The molecule has 8 nitrogen and oxygen atoms in total. The number of methoxy groups -OCH3 is 1. The van der Waals surface area contributed by atoms with Crippen LogP contribution < -0.4 is 10.0 Å². The summed E-state index contributed by atoms with van der Waals surface area (Å²) in [7, 11) is -3.21.